The summed E-state index contributed by atoms with van der Waals surface area (Å²) < 4.78 is 28.1. The lowest BCUT2D eigenvalue weighted by molar-refractivity contribution is 0.445. The van der Waals surface area contributed by atoms with Gasteiger partial charge in [0.15, 0.2) is 10.1 Å². The van der Waals surface area contributed by atoms with E-state index in [4.69, 9.17) is 9.11 Å². The van der Waals surface area contributed by atoms with E-state index in [9.17, 15) is 4.21 Å². The highest BCUT2D eigenvalue weighted by Gasteiger charge is 2.02. The summed E-state index contributed by atoms with van der Waals surface area (Å²) in [6.45, 7) is 4.29. The van der Waals surface area contributed by atoms with Crippen molar-refractivity contribution in [2.45, 2.75) is 78.1 Å². The van der Waals surface area contributed by atoms with Crippen molar-refractivity contribution in [3.63, 3.8) is 0 Å². The van der Waals surface area contributed by atoms with Gasteiger partial charge in [-0.05, 0) is 12.3 Å². The maximum absolute atomic E-state index is 10.6. The second-order valence-electron chi connectivity index (χ2n) is 5.31. The highest BCUT2D eigenvalue weighted by Crippen LogP contribution is 2.14. The van der Waals surface area contributed by atoms with Gasteiger partial charge in [-0.2, -0.15) is 0 Å². The van der Waals surface area contributed by atoms with Gasteiger partial charge in [-0.15, -0.1) is 0 Å². The average Bonchev–Trinajstić information content (AvgIpc) is 2.29. The van der Waals surface area contributed by atoms with Crippen LogP contribution in [0.25, 0.3) is 0 Å². The van der Waals surface area contributed by atoms with Crippen LogP contribution in [0.2, 0.25) is 0 Å². The lowest BCUT2D eigenvalue weighted by Crippen LogP contribution is -2.03. The van der Waals surface area contributed by atoms with Crippen LogP contribution in [-0.4, -0.2) is 18.7 Å². The zero-order valence-electron chi connectivity index (χ0n) is 11.9. The van der Waals surface area contributed by atoms with E-state index in [2.05, 4.69) is 13.8 Å². The van der Waals surface area contributed by atoms with E-state index < -0.39 is 10.1 Å². The monoisotopic (exact) mass is 278 g/mol. The largest absolute Gasteiger partial charge is 0.294 e. The summed E-state index contributed by atoms with van der Waals surface area (Å²) in [5.74, 6) is 0.380. The standard InChI is InChI=1S/C14H30O3S/c1-3-4-5-6-7-8-9-10-11-14(2)12-13-18(15,16)17/h13-14H,3-12H2,1-2H3,(H2,15,16,17). The molecule has 0 saturated heterocycles. The molecule has 110 valence electrons. The van der Waals surface area contributed by atoms with Crippen molar-refractivity contribution in [1.29, 1.82) is 0 Å². The van der Waals surface area contributed by atoms with Gasteiger partial charge in [0.25, 0.3) is 0 Å². The van der Waals surface area contributed by atoms with E-state index in [-0.39, 0.29) is 0 Å². The molecule has 0 heterocycles. The summed E-state index contributed by atoms with van der Waals surface area (Å²) in [4.78, 5) is 0. The van der Waals surface area contributed by atoms with Crippen LogP contribution in [0.4, 0.5) is 0 Å². The molecule has 0 aliphatic heterocycles. The second-order valence-corrected chi connectivity index (χ2v) is 6.72. The molecular formula is C14H30O3S. The Bertz CT molecular complexity index is 285. The minimum absolute atomic E-state index is 0.380. The van der Waals surface area contributed by atoms with Crippen molar-refractivity contribution < 1.29 is 13.3 Å². The summed E-state index contributed by atoms with van der Waals surface area (Å²) in [6, 6.07) is 0. The van der Waals surface area contributed by atoms with Crippen LogP contribution in [0.1, 0.15) is 78.1 Å². The molecule has 0 rings (SSSR count). The Morgan fingerprint density at radius 1 is 1.00 bits per heavy atom. The number of hydrogen-bond donors (Lipinski definition) is 2. The maximum atomic E-state index is 10.6. The van der Waals surface area contributed by atoms with E-state index >= 15 is 0 Å². The molecule has 0 bridgehead atoms. The third-order valence-electron chi connectivity index (χ3n) is 3.27. The van der Waals surface area contributed by atoms with Gasteiger partial charge in [0.05, 0.1) is 0 Å². The summed E-state index contributed by atoms with van der Waals surface area (Å²) >= 11 is 0. The highest BCUT2D eigenvalue weighted by atomic mass is 32.2. The normalized spacial score (nSPS) is 13.6. The second kappa shape index (κ2) is 10.8. The van der Waals surface area contributed by atoms with Gasteiger partial charge in [0.2, 0.25) is 0 Å². The van der Waals surface area contributed by atoms with Crippen molar-refractivity contribution in [3.8, 4) is 0 Å². The first kappa shape index (κ1) is 17.9. The minimum atomic E-state index is -3.64. The van der Waals surface area contributed by atoms with Crippen molar-refractivity contribution in [1.82, 2.24) is 0 Å². The zero-order valence-corrected chi connectivity index (χ0v) is 12.8. The molecule has 3 nitrogen and oxygen atoms in total. The molecule has 0 aliphatic carbocycles. The molecule has 0 amide bonds. The van der Waals surface area contributed by atoms with Gasteiger partial charge < -0.3 is 0 Å². The first-order valence-corrected chi connectivity index (χ1v) is 8.81. The first-order chi connectivity index (χ1) is 8.45. The third-order valence-corrected chi connectivity index (χ3v) is 3.89. The third kappa shape index (κ3) is 14.0. The van der Waals surface area contributed by atoms with Gasteiger partial charge >= 0.3 is 0 Å². The predicted molar refractivity (Wildman–Crippen MR) is 80.5 cm³/mol. The summed E-state index contributed by atoms with van der Waals surface area (Å²) in [5, 5.41) is 1.13. The molecule has 18 heavy (non-hydrogen) atoms. The van der Waals surface area contributed by atoms with E-state index in [1.165, 1.54) is 51.4 Å². The molecule has 4 heteroatoms. The Morgan fingerprint density at radius 2 is 1.50 bits per heavy atom. The quantitative estimate of drug-likeness (QED) is 0.430. The SMILES string of the molecule is CCCCCCCCCCC(C)CC=S(=O)(O)O. The molecule has 2 N–H and O–H groups in total. The van der Waals surface area contributed by atoms with Crippen LogP contribution >= 0.6 is 0 Å². The molecule has 0 fully saturated rings. The zero-order chi connectivity index (χ0) is 13.9. The first-order valence-electron chi connectivity index (χ1n) is 7.28. The lowest BCUT2D eigenvalue weighted by Gasteiger charge is -2.08. The van der Waals surface area contributed by atoms with Gasteiger partial charge in [0.1, 0.15) is 0 Å². The smallest absolute Gasteiger partial charge is 0.196 e. The number of rotatable bonds is 11. The molecule has 0 aromatic rings. The Labute approximate surface area is 113 Å². The lowest BCUT2D eigenvalue weighted by atomic mass is 9.99. The fraction of sp³-hybridized carbons (Fsp3) is 0.929. The molecular weight excluding hydrogens is 248 g/mol. The van der Waals surface area contributed by atoms with Crippen LogP contribution in [0.3, 0.4) is 0 Å². The highest BCUT2D eigenvalue weighted by molar-refractivity contribution is 7.90. The van der Waals surface area contributed by atoms with Crippen LogP contribution < -0.4 is 0 Å². The van der Waals surface area contributed by atoms with Crippen LogP contribution in [-0.2, 0) is 10.1 Å². The van der Waals surface area contributed by atoms with Crippen molar-refractivity contribution in [2.75, 3.05) is 0 Å². The van der Waals surface area contributed by atoms with Crippen molar-refractivity contribution in [2.24, 2.45) is 5.92 Å². The molecule has 0 spiro atoms. The van der Waals surface area contributed by atoms with E-state index in [0.29, 0.717) is 12.3 Å². The average molecular weight is 278 g/mol. The maximum Gasteiger partial charge on any atom is 0.196 e. The predicted octanol–water partition coefficient (Wildman–Crippen LogP) is 4.58. The molecule has 0 aromatic heterocycles. The Kier molecular flexibility index (Phi) is 10.8. The fourth-order valence-electron chi connectivity index (χ4n) is 2.03. The van der Waals surface area contributed by atoms with Crippen LogP contribution in [0.15, 0.2) is 0 Å². The summed E-state index contributed by atoms with van der Waals surface area (Å²) in [5.41, 5.74) is 0. The van der Waals surface area contributed by atoms with Gasteiger partial charge in [0, 0.05) is 5.37 Å². The number of hydrogen-bond acceptors (Lipinski definition) is 1. The van der Waals surface area contributed by atoms with E-state index in [1.807, 2.05) is 0 Å². The summed E-state index contributed by atoms with van der Waals surface area (Å²) in [7, 11) is -3.64. The molecule has 1 atom stereocenters. The molecule has 0 radical (unpaired) electrons. The Balaban J connectivity index is 3.36. The van der Waals surface area contributed by atoms with E-state index in [1.54, 1.807) is 0 Å². The van der Waals surface area contributed by atoms with Gasteiger partial charge in [-0.25, -0.2) is 4.21 Å². The minimum Gasteiger partial charge on any atom is -0.294 e. The van der Waals surface area contributed by atoms with Crippen molar-refractivity contribution >= 4 is 15.5 Å². The molecule has 1 unspecified atom stereocenters. The number of unbranched alkanes of at least 4 members (excludes halogenated alkanes) is 7. The van der Waals surface area contributed by atoms with Gasteiger partial charge in [-0.3, -0.25) is 9.11 Å². The fourth-order valence-corrected chi connectivity index (χ4v) is 2.61. The molecule has 0 aromatic carbocycles. The summed E-state index contributed by atoms with van der Waals surface area (Å²) in [6.07, 6.45) is 12.0. The van der Waals surface area contributed by atoms with Crippen molar-refractivity contribution in [3.05, 3.63) is 0 Å². The topological polar surface area (TPSA) is 57.5 Å². The molecule has 0 saturated carbocycles. The Morgan fingerprint density at radius 3 is 2.00 bits per heavy atom. The van der Waals surface area contributed by atoms with Gasteiger partial charge in [-0.1, -0.05) is 71.6 Å². The molecule has 0 aliphatic rings. The van der Waals surface area contributed by atoms with E-state index in [0.717, 1.165) is 11.8 Å². The van der Waals surface area contributed by atoms with Crippen LogP contribution in [0.5, 0.6) is 0 Å². The Hall–Kier alpha value is -0.0600. The van der Waals surface area contributed by atoms with Crippen LogP contribution in [0, 0.1) is 5.92 Å².